The molecule has 0 aliphatic rings. The highest BCUT2D eigenvalue weighted by Crippen LogP contribution is 2.17. The molecule has 4 nitrogen and oxygen atoms in total. The molecule has 0 amide bonds. The van der Waals surface area contributed by atoms with Gasteiger partial charge in [-0.1, -0.05) is 0 Å². The lowest BCUT2D eigenvalue weighted by molar-refractivity contribution is 0.442. The van der Waals surface area contributed by atoms with Crippen molar-refractivity contribution in [2.75, 3.05) is 13.6 Å². The third-order valence-corrected chi connectivity index (χ3v) is 3.74. The van der Waals surface area contributed by atoms with Crippen molar-refractivity contribution in [1.29, 1.82) is 0 Å². The van der Waals surface area contributed by atoms with Gasteiger partial charge in [0.2, 0.25) is 10.0 Å². The molecule has 0 saturated heterocycles. The Morgan fingerprint density at radius 3 is 2.17 bits per heavy atom. The topological polar surface area (TPSA) is 58.2 Å². The monoisotopic (exact) mass is 282 g/mol. The predicted octanol–water partition coefficient (Wildman–Crippen LogP) is 0.990. The van der Waals surface area contributed by atoms with Crippen LogP contribution >= 0.6 is 0 Å². The fraction of sp³-hybridized carbons (Fsp3) is 0.400. The van der Waals surface area contributed by atoms with Gasteiger partial charge in [0.05, 0.1) is 4.90 Å². The first-order valence-corrected chi connectivity index (χ1v) is 6.57. The van der Waals surface area contributed by atoms with Crippen molar-refractivity contribution in [3.05, 3.63) is 29.6 Å². The van der Waals surface area contributed by atoms with Gasteiger partial charge in [-0.25, -0.2) is 26.3 Å². The number of halogens is 3. The predicted molar refractivity (Wildman–Crippen MR) is 60.0 cm³/mol. The molecule has 0 bridgehead atoms. The van der Waals surface area contributed by atoms with Gasteiger partial charge in [0.15, 0.2) is 17.5 Å². The second-order valence-electron chi connectivity index (χ2n) is 3.74. The molecule has 1 rings (SSSR count). The van der Waals surface area contributed by atoms with E-state index in [1.165, 1.54) is 0 Å². The number of benzene rings is 1. The zero-order valence-corrected chi connectivity index (χ0v) is 10.6. The van der Waals surface area contributed by atoms with E-state index in [4.69, 9.17) is 0 Å². The van der Waals surface area contributed by atoms with Crippen LogP contribution in [0.3, 0.4) is 0 Å². The lowest BCUT2D eigenvalue weighted by Crippen LogP contribution is -2.37. The van der Waals surface area contributed by atoms with Crippen LogP contribution in [0.4, 0.5) is 13.2 Å². The lowest BCUT2D eigenvalue weighted by Gasteiger charge is -2.12. The van der Waals surface area contributed by atoms with Crippen LogP contribution in [0, 0.1) is 17.5 Å². The van der Waals surface area contributed by atoms with Gasteiger partial charge in [-0.15, -0.1) is 0 Å². The zero-order valence-electron chi connectivity index (χ0n) is 9.80. The van der Waals surface area contributed by atoms with Crippen LogP contribution in [0.15, 0.2) is 17.0 Å². The fourth-order valence-electron chi connectivity index (χ4n) is 1.11. The molecule has 0 spiro atoms. The largest absolute Gasteiger partial charge is 0.316 e. The smallest absolute Gasteiger partial charge is 0.240 e. The summed E-state index contributed by atoms with van der Waals surface area (Å²) < 4.78 is 64.0. The van der Waals surface area contributed by atoms with E-state index >= 15 is 0 Å². The Balaban J connectivity index is 2.99. The van der Waals surface area contributed by atoms with E-state index in [-0.39, 0.29) is 12.6 Å². The van der Waals surface area contributed by atoms with E-state index in [1.54, 1.807) is 14.0 Å². The maximum Gasteiger partial charge on any atom is 0.240 e. The molecule has 1 atom stereocenters. The Hall–Kier alpha value is -1.12. The van der Waals surface area contributed by atoms with Crippen LogP contribution in [0.5, 0.6) is 0 Å². The van der Waals surface area contributed by atoms with Gasteiger partial charge in [-0.3, -0.25) is 0 Å². The highest BCUT2D eigenvalue weighted by molar-refractivity contribution is 7.89. The number of hydrogen-bond acceptors (Lipinski definition) is 3. The standard InChI is InChI=1S/C10H13F3N2O2S/c1-6(14-2)5-15-18(16,17)7-3-8(11)10(13)9(12)4-7/h3-4,6,14-15H,5H2,1-2H3. The second-order valence-corrected chi connectivity index (χ2v) is 5.51. The average molecular weight is 282 g/mol. The van der Waals surface area contributed by atoms with E-state index < -0.39 is 32.4 Å². The maximum atomic E-state index is 12.9. The minimum Gasteiger partial charge on any atom is -0.316 e. The summed E-state index contributed by atoms with van der Waals surface area (Å²) in [5, 5.41) is 2.79. The summed E-state index contributed by atoms with van der Waals surface area (Å²) in [4.78, 5) is -0.651. The molecule has 0 radical (unpaired) electrons. The molecular weight excluding hydrogens is 269 g/mol. The lowest BCUT2D eigenvalue weighted by atomic mass is 10.3. The number of rotatable bonds is 5. The minimum atomic E-state index is -4.06. The van der Waals surface area contributed by atoms with E-state index in [0.717, 1.165) is 0 Å². The summed E-state index contributed by atoms with van der Waals surface area (Å²) in [6.07, 6.45) is 0. The molecule has 1 aromatic carbocycles. The SMILES string of the molecule is CNC(C)CNS(=O)(=O)c1cc(F)c(F)c(F)c1. The summed E-state index contributed by atoms with van der Waals surface area (Å²) in [6, 6.07) is 0.713. The molecule has 0 fully saturated rings. The van der Waals surface area contributed by atoms with Gasteiger partial charge < -0.3 is 5.32 Å². The van der Waals surface area contributed by atoms with Crippen molar-refractivity contribution in [2.45, 2.75) is 17.9 Å². The summed E-state index contributed by atoms with van der Waals surface area (Å²) in [5.74, 6) is -4.79. The van der Waals surface area contributed by atoms with E-state index in [1.807, 2.05) is 0 Å². The molecule has 1 aromatic rings. The number of sulfonamides is 1. The molecule has 0 aliphatic heterocycles. The molecular formula is C10H13F3N2O2S. The van der Waals surface area contributed by atoms with Crippen LogP contribution in [0.1, 0.15) is 6.92 Å². The van der Waals surface area contributed by atoms with Gasteiger partial charge in [0.25, 0.3) is 0 Å². The number of nitrogens with one attached hydrogen (secondary N) is 2. The van der Waals surface area contributed by atoms with Crippen LogP contribution in [0.25, 0.3) is 0 Å². The molecule has 0 heterocycles. The highest BCUT2D eigenvalue weighted by Gasteiger charge is 2.20. The minimum absolute atomic E-state index is 0.0411. The summed E-state index contributed by atoms with van der Waals surface area (Å²) in [6.45, 7) is 1.76. The Labute approximate surface area is 103 Å². The van der Waals surface area contributed by atoms with Crippen molar-refractivity contribution in [1.82, 2.24) is 10.0 Å². The van der Waals surface area contributed by atoms with E-state index in [2.05, 4.69) is 10.0 Å². The third kappa shape index (κ3) is 3.44. The third-order valence-electron chi connectivity index (χ3n) is 2.34. The van der Waals surface area contributed by atoms with Crippen molar-refractivity contribution >= 4 is 10.0 Å². The number of hydrogen-bond donors (Lipinski definition) is 2. The maximum absolute atomic E-state index is 12.9. The van der Waals surface area contributed by atoms with Crippen molar-refractivity contribution in [3.8, 4) is 0 Å². The molecule has 2 N–H and O–H groups in total. The van der Waals surface area contributed by atoms with Gasteiger partial charge in [-0.05, 0) is 26.1 Å². The van der Waals surface area contributed by atoms with Crippen molar-refractivity contribution in [2.24, 2.45) is 0 Å². The summed E-state index contributed by atoms with van der Waals surface area (Å²) in [7, 11) is -2.43. The molecule has 0 saturated carbocycles. The fourth-order valence-corrected chi connectivity index (χ4v) is 2.26. The Bertz CT molecular complexity index is 511. The Morgan fingerprint density at radius 1 is 1.22 bits per heavy atom. The van der Waals surface area contributed by atoms with E-state index in [0.29, 0.717) is 12.1 Å². The van der Waals surface area contributed by atoms with Crippen LogP contribution < -0.4 is 10.0 Å². The first-order valence-electron chi connectivity index (χ1n) is 5.09. The normalized spacial score (nSPS) is 13.6. The van der Waals surface area contributed by atoms with Crippen LogP contribution in [0.2, 0.25) is 0 Å². The molecule has 8 heteroatoms. The zero-order chi connectivity index (χ0) is 13.9. The number of likely N-dealkylation sites (N-methyl/N-ethyl adjacent to an activating group) is 1. The first kappa shape index (κ1) is 14.9. The average Bonchev–Trinajstić information content (AvgIpc) is 2.32. The Morgan fingerprint density at radius 2 is 1.72 bits per heavy atom. The van der Waals surface area contributed by atoms with Gasteiger partial charge in [0.1, 0.15) is 0 Å². The summed E-state index contributed by atoms with van der Waals surface area (Å²) in [5.41, 5.74) is 0. The highest BCUT2D eigenvalue weighted by atomic mass is 32.2. The van der Waals surface area contributed by atoms with Crippen LogP contribution in [-0.4, -0.2) is 28.1 Å². The van der Waals surface area contributed by atoms with Gasteiger partial charge >= 0.3 is 0 Å². The van der Waals surface area contributed by atoms with Crippen molar-refractivity contribution < 1.29 is 21.6 Å². The molecule has 102 valence electrons. The molecule has 1 unspecified atom stereocenters. The van der Waals surface area contributed by atoms with E-state index in [9.17, 15) is 21.6 Å². The molecule has 0 aliphatic carbocycles. The molecule has 18 heavy (non-hydrogen) atoms. The van der Waals surface area contributed by atoms with Crippen LogP contribution in [-0.2, 0) is 10.0 Å². The van der Waals surface area contributed by atoms with Crippen molar-refractivity contribution in [3.63, 3.8) is 0 Å². The van der Waals surface area contributed by atoms with Gasteiger partial charge in [-0.2, -0.15) is 0 Å². The van der Waals surface area contributed by atoms with Gasteiger partial charge in [0, 0.05) is 12.6 Å². The molecule has 0 aromatic heterocycles. The summed E-state index contributed by atoms with van der Waals surface area (Å²) >= 11 is 0. The quantitative estimate of drug-likeness (QED) is 0.792. The second kappa shape index (κ2) is 5.68. The first-order chi connectivity index (χ1) is 8.27. The Kier molecular flexibility index (Phi) is 4.71.